The van der Waals surface area contributed by atoms with Gasteiger partial charge in [0.05, 0.1) is 12.8 Å². The maximum atomic E-state index is 6.30. The first-order valence-electron chi connectivity index (χ1n) is 6.78. The highest BCUT2D eigenvalue weighted by molar-refractivity contribution is 6.31. The summed E-state index contributed by atoms with van der Waals surface area (Å²) >= 11 is 6.30. The SMILES string of the molecule is Clc1c(OCc2ccccc2)cnn1CC1CCOC1. The molecule has 1 aromatic heterocycles. The highest BCUT2D eigenvalue weighted by Gasteiger charge is 2.19. The fraction of sp³-hybridized carbons (Fsp3) is 0.400. The second kappa shape index (κ2) is 6.29. The van der Waals surface area contributed by atoms with Gasteiger partial charge in [-0.3, -0.25) is 4.68 Å². The second-order valence-corrected chi connectivity index (χ2v) is 5.34. The van der Waals surface area contributed by atoms with Crippen LogP contribution in [0.1, 0.15) is 12.0 Å². The first-order chi connectivity index (χ1) is 9.83. The smallest absolute Gasteiger partial charge is 0.176 e. The van der Waals surface area contributed by atoms with E-state index in [1.807, 2.05) is 30.3 Å². The van der Waals surface area contributed by atoms with Crippen LogP contribution in [0.4, 0.5) is 0 Å². The van der Waals surface area contributed by atoms with Gasteiger partial charge in [-0.15, -0.1) is 0 Å². The normalized spacial score (nSPS) is 18.4. The van der Waals surface area contributed by atoms with Gasteiger partial charge in [0.2, 0.25) is 0 Å². The Balaban J connectivity index is 1.61. The molecule has 2 aromatic rings. The van der Waals surface area contributed by atoms with Gasteiger partial charge in [-0.2, -0.15) is 5.10 Å². The highest BCUT2D eigenvalue weighted by atomic mass is 35.5. The number of rotatable bonds is 5. The molecule has 20 heavy (non-hydrogen) atoms. The molecule has 1 aliphatic heterocycles. The number of halogens is 1. The van der Waals surface area contributed by atoms with Crippen molar-refractivity contribution >= 4 is 11.6 Å². The summed E-state index contributed by atoms with van der Waals surface area (Å²) in [6.45, 7) is 2.91. The molecule has 1 unspecified atom stereocenters. The van der Waals surface area contributed by atoms with E-state index >= 15 is 0 Å². The topological polar surface area (TPSA) is 36.3 Å². The molecule has 0 saturated carbocycles. The van der Waals surface area contributed by atoms with Gasteiger partial charge in [-0.05, 0) is 12.0 Å². The maximum Gasteiger partial charge on any atom is 0.176 e. The Morgan fingerprint density at radius 3 is 2.95 bits per heavy atom. The van der Waals surface area contributed by atoms with Crippen molar-refractivity contribution in [1.82, 2.24) is 9.78 Å². The molecule has 0 N–H and O–H groups in total. The lowest BCUT2D eigenvalue weighted by Crippen LogP contribution is -2.11. The predicted molar refractivity (Wildman–Crippen MR) is 76.9 cm³/mol. The van der Waals surface area contributed by atoms with Crippen LogP contribution in [-0.4, -0.2) is 23.0 Å². The summed E-state index contributed by atoms with van der Waals surface area (Å²) in [7, 11) is 0. The number of hydrogen-bond donors (Lipinski definition) is 0. The van der Waals surface area contributed by atoms with E-state index in [-0.39, 0.29) is 0 Å². The second-order valence-electron chi connectivity index (χ2n) is 4.99. The standard InChI is InChI=1S/C15H17ClN2O2/c16-15-14(20-11-12-4-2-1-3-5-12)8-17-18(15)9-13-6-7-19-10-13/h1-5,8,13H,6-7,9-11H2. The molecule has 1 aliphatic rings. The fourth-order valence-electron chi connectivity index (χ4n) is 2.28. The molecule has 1 fully saturated rings. The Hall–Kier alpha value is -1.52. The van der Waals surface area contributed by atoms with Gasteiger partial charge in [-0.25, -0.2) is 0 Å². The zero-order valence-corrected chi connectivity index (χ0v) is 11.9. The fourth-order valence-corrected chi connectivity index (χ4v) is 2.50. The summed E-state index contributed by atoms with van der Waals surface area (Å²) in [5.41, 5.74) is 1.11. The van der Waals surface area contributed by atoms with Gasteiger partial charge < -0.3 is 9.47 Å². The molecule has 1 aromatic carbocycles. The first kappa shape index (κ1) is 13.5. The van der Waals surface area contributed by atoms with Gasteiger partial charge in [0.1, 0.15) is 6.61 Å². The van der Waals surface area contributed by atoms with Crippen LogP contribution in [0.25, 0.3) is 0 Å². The van der Waals surface area contributed by atoms with Gasteiger partial charge in [0.15, 0.2) is 10.9 Å². The number of aromatic nitrogens is 2. The zero-order valence-electron chi connectivity index (χ0n) is 11.2. The van der Waals surface area contributed by atoms with Crippen molar-refractivity contribution in [3.05, 3.63) is 47.2 Å². The lowest BCUT2D eigenvalue weighted by atomic mass is 10.1. The average Bonchev–Trinajstić information content (AvgIpc) is 3.10. The Labute approximate surface area is 123 Å². The Morgan fingerprint density at radius 1 is 1.35 bits per heavy atom. The first-order valence-corrected chi connectivity index (χ1v) is 7.16. The molecule has 0 aliphatic carbocycles. The predicted octanol–water partition coefficient (Wildman–Crippen LogP) is 3.15. The Kier molecular flexibility index (Phi) is 4.23. The van der Waals surface area contributed by atoms with Crippen molar-refractivity contribution in [2.24, 2.45) is 5.92 Å². The van der Waals surface area contributed by atoms with Crippen LogP contribution in [0.5, 0.6) is 5.75 Å². The van der Waals surface area contributed by atoms with Crippen LogP contribution in [0.2, 0.25) is 5.15 Å². The van der Waals surface area contributed by atoms with Crippen LogP contribution in [0.15, 0.2) is 36.5 Å². The number of nitrogens with zero attached hydrogens (tertiary/aromatic N) is 2. The molecular weight excluding hydrogens is 276 g/mol. The minimum absolute atomic E-state index is 0.495. The van der Waals surface area contributed by atoms with Crippen LogP contribution in [0.3, 0.4) is 0 Å². The molecule has 1 saturated heterocycles. The molecule has 2 heterocycles. The highest BCUT2D eigenvalue weighted by Crippen LogP contribution is 2.26. The van der Waals surface area contributed by atoms with Crippen LogP contribution in [0, 0.1) is 5.92 Å². The summed E-state index contributed by atoms with van der Waals surface area (Å²) < 4.78 is 12.9. The van der Waals surface area contributed by atoms with Crippen molar-refractivity contribution in [2.75, 3.05) is 13.2 Å². The monoisotopic (exact) mass is 292 g/mol. The summed E-state index contributed by atoms with van der Waals surface area (Å²) in [6, 6.07) is 10.0. The quantitative estimate of drug-likeness (QED) is 0.849. The van der Waals surface area contributed by atoms with Crippen molar-refractivity contribution in [1.29, 1.82) is 0 Å². The third-order valence-electron chi connectivity index (χ3n) is 3.44. The molecule has 1 atom stereocenters. The number of benzene rings is 1. The van der Waals surface area contributed by atoms with Gasteiger partial charge >= 0.3 is 0 Å². The molecule has 106 valence electrons. The summed E-state index contributed by atoms with van der Waals surface area (Å²) in [4.78, 5) is 0. The van der Waals surface area contributed by atoms with Gasteiger partial charge in [0, 0.05) is 19.1 Å². The van der Waals surface area contributed by atoms with Crippen molar-refractivity contribution < 1.29 is 9.47 Å². The minimum Gasteiger partial charge on any atom is -0.484 e. The minimum atomic E-state index is 0.495. The van der Waals surface area contributed by atoms with E-state index in [0.29, 0.717) is 23.4 Å². The lowest BCUT2D eigenvalue weighted by molar-refractivity contribution is 0.181. The van der Waals surface area contributed by atoms with E-state index in [0.717, 1.165) is 31.7 Å². The van der Waals surface area contributed by atoms with E-state index in [1.165, 1.54) is 0 Å². The van der Waals surface area contributed by atoms with Gasteiger partial charge in [0.25, 0.3) is 0 Å². The van der Waals surface area contributed by atoms with Crippen molar-refractivity contribution in [3.63, 3.8) is 0 Å². The number of hydrogen-bond acceptors (Lipinski definition) is 3. The molecule has 3 rings (SSSR count). The summed E-state index contributed by atoms with van der Waals surface area (Å²) in [5.74, 6) is 1.13. The largest absolute Gasteiger partial charge is 0.484 e. The van der Waals surface area contributed by atoms with Gasteiger partial charge in [-0.1, -0.05) is 41.9 Å². The van der Waals surface area contributed by atoms with Crippen molar-refractivity contribution in [3.8, 4) is 5.75 Å². The molecule has 0 radical (unpaired) electrons. The van der Waals surface area contributed by atoms with E-state index in [9.17, 15) is 0 Å². The van der Waals surface area contributed by atoms with Crippen LogP contribution >= 0.6 is 11.6 Å². The average molecular weight is 293 g/mol. The van der Waals surface area contributed by atoms with Crippen molar-refractivity contribution in [2.45, 2.75) is 19.6 Å². The van der Waals surface area contributed by atoms with E-state index < -0.39 is 0 Å². The Morgan fingerprint density at radius 2 is 2.20 bits per heavy atom. The third kappa shape index (κ3) is 3.14. The zero-order chi connectivity index (χ0) is 13.8. The van der Waals surface area contributed by atoms with Crippen LogP contribution < -0.4 is 4.74 Å². The molecule has 0 amide bonds. The van der Waals surface area contributed by atoms with Crippen LogP contribution in [-0.2, 0) is 17.9 Å². The summed E-state index contributed by atoms with van der Waals surface area (Å²) in [5, 5.41) is 4.86. The lowest BCUT2D eigenvalue weighted by Gasteiger charge is -2.09. The van der Waals surface area contributed by atoms with E-state index in [2.05, 4.69) is 5.10 Å². The maximum absolute atomic E-state index is 6.30. The molecule has 4 nitrogen and oxygen atoms in total. The van der Waals surface area contributed by atoms with E-state index in [1.54, 1.807) is 10.9 Å². The number of ether oxygens (including phenoxy) is 2. The Bertz CT molecular complexity index is 550. The molecule has 5 heteroatoms. The molecule has 0 spiro atoms. The molecular formula is C15H17ClN2O2. The van der Waals surface area contributed by atoms with E-state index in [4.69, 9.17) is 21.1 Å². The molecule has 0 bridgehead atoms. The summed E-state index contributed by atoms with van der Waals surface area (Å²) in [6.07, 6.45) is 2.75. The third-order valence-corrected chi connectivity index (χ3v) is 3.82.